The van der Waals surface area contributed by atoms with Crippen LogP contribution in [0.2, 0.25) is 0 Å². The molecule has 1 rings (SSSR count). The third-order valence-electron chi connectivity index (χ3n) is 5.72. The summed E-state index contributed by atoms with van der Waals surface area (Å²) in [6.45, 7) is 6.84. The summed E-state index contributed by atoms with van der Waals surface area (Å²) in [5, 5.41) is 0. The van der Waals surface area contributed by atoms with Gasteiger partial charge in [-0.1, -0.05) is 96.8 Å². The quantitative estimate of drug-likeness (QED) is 0.203. The van der Waals surface area contributed by atoms with Crippen LogP contribution in [0.3, 0.4) is 0 Å². The number of hydrogen-bond acceptors (Lipinski definition) is 0. The van der Waals surface area contributed by atoms with Crippen molar-refractivity contribution in [3.8, 4) is 0 Å². The second-order valence-corrected chi connectivity index (χ2v) is 8.53. The first-order valence-electron chi connectivity index (χ1n) is 11.7. The molecular formula is C24H47N2+. The lowest BCUT2D eigenvalue weighted by molar-refractivity contribution is -0.679. The fraction of sp³-hybridized carbons (Fsp3) is 0.875. The number of imidazole rings is 1. The lowest BCUT2D eigenvalue weighted by atomic mass is 10.0. The zero-order valence-corrected chi connectivity index (χ0v) is 18.4. The van der Waals surface area contributed by atoms with Crippen molar-refractivity contribution in [2.45, 2.75) is 130 Å². The van der Waals surface area contributed by atoms with Gasteiger partial charge in [0.2, 0.25) is 0 Å². The fourth-order valence-electron chi connectivity index (χ4n) is 3.96. The Balaban J connectivity index is 1.88. The molecule has 152 valence electrons. The fourth-order valence-corrected chi connectivity index (χ4v) is 3.96. The normalized spacial score (nSPS) is 11.6. The third-order valence-corrected chi connectivity index (χ3v) is 5.72. The van der Waals surface area contributed by atoms with Crippen LogP contribution in [0.4, 0.5) is 0 Å². The second-order valence-electron chi connectivity index (χ2n) is 8.53. The molecule has 2 heteroatoms. The van der Waals surface area contributed by atoms with E-state index < -0.39 is 0 Å². The van der Waals surface area contributed by atoms with Gasteiger partial charge in [0.15, 0.2) is 0 Å². The molecule has 0 atom stereocenters. The number of aryl methyl sites for hydroxylation is 1. The van der Waals surface area contributed by atoms with E-state index in [0.717, 1.165) is 0 Å². The van der Waals surface area contributed by atoms with Crippen molar-refractivity contribution in [1.29, 1.82) is 0 Å². The van der Waals surface area contributed by atoms with Gasteiger partial charge in [-0.2, -0.15) is 0 Å². The molecule has 0 N–H and O–H groups in total. The van der Waals surface area contributed by atoms with Crippen molar-refractivity contribution < 1.29 is 4.57 Å². The molecule has 1 aromatic rings. The van der Waals surface area contributed by atoms with Crippen LogP contribution in [0.1, 0.15) is 129 Å². The van der Waals surface area contributed by atoms with Crippen LogP contribution in [0.25, 0.3) is 0 Å². The van der Waals surface area contributed by atoms with Crippen LogP contribution in [0, 0.1) is 0 Å². The molecule has 0 radical (unpaired) electrons. The first kappa shape index (κ1) is 23.2. The molecule has 0 aliphatic carbocycles. The number of rotatable bonds is 17. The monoisotopic (exact) mass is 363 g/mol. The molecule has 2 nitrogen and oxygen atoms in total. The number of unbranched alkanes of at least 4 members (excludes halogenated alkanes) is 14. The summed E-state index contributed by atoms with van der Waals surface area (Å²) in [7, 11) is 2.18. The van der Waals surface area contributed by atoms with Gasteiger partial charge >= 0.3 is 0 Å². The molecule has 1 heterocycles. The predicted molar refractivity (Wildman–Crippen MR) is 115 cm³/mol. The zero-order chi connectivity index (χ0) is 19.0. The largest absolute Gasteiger partial charge is 0.256 e. The Bertz CT molecular complexity index is 433. The van der Waals surface area contributed by atoms with Crippen molar-refractivity contribution in [3.05, 3.63) is 18.2 Å². The molecule has 0 unspecified atom stereocenters. The molecule has 0 amide bonds. The van der Waals surface area contributed by atoms with E-state index in [2.05, 4.69) is 49.3 Å². The molecule has 26 heavy (non-hydrogen) atoms. The third kappa shape index (κ3) is 10.4. The highest BCUT2D eigenvalue weighted by Gasteiger charge is 2.15. The molecule has 0 fully saturated rings. The summed E-state index contributed by atoms with van der Waals surface area (Å²) >= 11 is 0. The zero-order valence-electron chi connectivity index (χ0n) is 18.4. The Hall–Kier alpha value is -0.790. The van der Waals surface area contributed by atoms with Crippen molar-refractivity contribution in [2.24, 2.45) is 7.05 Å². The van der Waals surface area contributed by atoms with Gasteiger partial charge in [-0.15, -0.1) is 0 Å². The lowest BCUT2D eigenvalue weighted by Crippen LogP contribution is -2.32. The van der Waals surface area contributed by atoms with E-state index in [9.17, 15) is 0 Å². The average molecular weight is 364 g/mol. The van der Waals surface area contributed by atoms with Gasteiger partial charge in [-0.05, 0) is 20.3 Å². The van der Waals surface area contributed by atoms with Crippen molar-refractivity contribution in [1.82, 2.24) is 4.57 Å². The van der Waals surface area contributed by atoms with E-state index >= 15 is 0 Å². The van der Waals surface area contributed by atoms with Crippen molar-refractivity contribution in [3.63, 3.8) is 0 Å². The van der Waals surface area contributed by atoms with Crippen molar-refractivity contribution in [2.75, 3.05) is 0 Å². The molecule has 1 aromatic heterocycles. The maximum Gasteiger partial charge on any atom is 0.256 e. The Morgan fingerprint density at radius 3 is 1.58 bits per heavy atom. The van der Waals surface area contributed by atoms with Gasteiger partial charge in [0.05, 0.1) is 13.1 Å². The first-order valence-corrected chi connectivity index (χ1v) is 11.7. The van der Waals surface area contributed by atoms with Crippen LogP contribution in [0.5, 0.6) is 0 Å². The van der Waals surface area contributed by atoms with Gasteiger partial charge < -0.3 is 0 Å². The van der Waals surface area contributed by atoms with E-state index in [-0.39, 0.29) is 0 Å². The number of aromatic nitrogens is 2. The summed E-state index contributed by atoms with van der Waals surface area (Å²) in [6, 6.07) is 0.572. The Morgan fingerprint density at radius 2 is 1.15 bits per heavy atom. The minimum Gasteiger partial charge on any atom is -0.237 e. The van der Waals surface area contributed by atoms with Gasteiger partial charge in [0.25, 0.3) is 5.82 Å². The van der Waals surface area contributed by atoms with E-state index in [4.69, 9.17) is 0 Å². The minimum absolute atomic E-state index is 0.572. The van der Waals surface area contributed by atoms with Gasteiger partial charge in [-0.25, -0.2) is 9.13 Å². The molecule has 0 aliphatic heterocycles. The summed E-state index contributed by atoms with van der Waals surface area (Å²) in [6.07, 6.45) is 27.2. The second kappa shape index (κ2) is 15.3. The van der Waals surface area contributed by atoms with E-state index in [0.29, 0.717) is 6.04 Å². The molecule has 0 aliphatic rings. The van der Waals surface area contributed by atoms with Crippen LogP contribution >= 0.6 is 0 Å². The standard InChI is InChI=1S/C24H47N2/c1-5-6-7-8-9-10-11-12-13-14-15-16-17-18-19-20-24-25(4)21-22-26(24)23(2)3/h21-23H,5-20H2,1-4H3/q+1. The van der Waals surface area contributed by atoms with Crippen LogP contribution in [-0.2, 0) is 13.5 Å². The average Bonchev–Trinajstić information content (AvgIpc) is 2.99. The van der Waals surface area contributed by atoms with Crippen LogP contribution in [0.15, 0.2) is 12.4 Å². The molecular weight excluding hydrogens is 316 g/mol. The van der Waals surface area contributed by atoms with Crippen LogP contribution in [-0.4, -0.2) is 4.57 Å². The van der Waals surface area contributed by atoms with E-state index in [1.54, 1.807) is 0 Å². The molecule has 0 aromatic carbocycles. The smallest absolute Gasteiger partial charge is 0.237 e. The van der Waals surface area contributed by atoms with E-state index in [1.165, 1.54) is 109 Å². The van der Waals surface area contributed by atoms with E-state index in [1.807, 2.05) is 0 Å². The van der Waals surface area contributed by atoms with Crippen LogP contribution < -0.4 is 4.57 Å². The highest BCUT2D eigenvalue weighted by atomic mass is 15.1. The molecule has 0 bridgehead atoms. The van der Waals surface area contributed by atoms with Crippen molar-refractivity contribution >= 4 is 0 Å². The van der Waals surface area contributed by atoms with Gasteiger partial charge in [0, 0.05) is 6.42 Å². The highest BCUT2D eigenvalue weighted by molar-refractivity contribution is 4.86. The SMILES string of the molecule is CCCCCCCCCCCCCCCCCc1n(C(C)C)cc[n+]1C. The topological polar surface area (TPSA) is 8.81 Å². The maximum atomic E-state index is 2.42. The lowest BCUT2D eigenvalue weighted by Gasteiger charge is -2.06. The first-order chi connectivity index (χ1) is 12.7. The Morgan fingerprint density at radius 1 is 0.731 bits per heavy atom. The number of nitrogens with zero attached hydrogens (tertiary/aromatic N) is 2. The maximum absolute atomic E-state index is 2.42. The Kier molecular flexibility index (Phi) is 13.7. The predicted octanol–water partition coefficient (Wildman–Crippen LogP) is 7.31. The molecule has 0 spiro atoms. The summed E-state index contributed by atoms with van der Waals surface area (Å²) in [5.41, 5.74) is 0. The summed E-state index contributed by atoms with van der Waals surface area (Å²) in [4.78, 5) is 0. The van der Waals surface area contributed by atoms with Gasteiger partial charge in [-0.3, -0.25) is 0 Å². The number of hydrogen-bond donors (Lipinski definition) is 0. The highest BCUT2D eigenvalue weighted by Crippen LogP contribution is 2.14. The molecule has 0 saturated carbocycles. The summed E-state index contributed by atoms with van der Waals surface area (Å²) < 4.78 is 4.72. The Labute approximate surface area is 164 Å². The molecule has 0 saturated heterocycles. The van der Waals surface area contributed by atoms with Gasteiger partial charge in [0.1, 0.15) is 12.4 Å². The minimum atomic E-state index is 0.572. The summed E-state index contributed by atoms with van der Waals surface area (Å²) in [5.74, 6) is 1.48.